The van der Waals surface area contributed by atoms with Crippen molar-refractivity contribution in [3.05, 3.63) is 63.8 Å². The minimum absolute atomic E-state index is 0. The van der Waals surface area contributed by atoms with E-state index in [-0.39, 0.29) is 51.3 Å². The van der Waals surface area contributed by atoms with Crippen LogP contribution in [0.4, 0.5) is 30.7 Å². The number of benzene rings is 2. The number of ether oxygens (including phenoxy) is 1. The maximum Gasteiger partial charge on any atom is 0.339 e. The molecule has 3 aromatic rings. The summed E-state index contributed by atoms with van der Waals surface area (Å²) in [5.41, 5.74) is -3.91. The molecule has 1 atom stereocenters. The van der Waals surface area contributed by atoms with Crippen molar-refractivity contribution in [1.29, 1.82) is 0 Å². The van der Waals surface area contributed by atoms with Crippen LogP contribution in [0.5, 0.6) is 5.75 Å². The Morgan fingerprint density at radius 2 is 1.65 bits per heavy atom. The van der Waals surface area contributed by atoms with Gasteiger partial charge in [-0.15, -0.1) is 11.3 Å². The second kappa shape index (κ2) is 16.2. The molecule has 16 heteroatoms. The zero-order valence-electron chi connectivity index (χ0n) is 20.9. The van der Waals surface area contributed by atoms with Gasteiger partial charge in [-0.3, -0.25) is 9.59 Å². The minimum atomic E-state index is -3.54. The number of carbonyl (C=O) groups is 2. The van der Waals surface area contributed by atoms with Gasteiger partial charge in [-0.25, -0.2) is 13.2 Å². The standard InChI is InChI=1S/C17H19F2O4PS2.C7H3F5O.Ag/c1-11(2)7-16(21)25-6-5-23-24(22)17(18,19)13-3-4-15-12(8-13)9-14(10-20)26-15;1-13-7-5(11)3(9)2(8)4(10)6(7)12;/h3-4,8-11,22H,5-7H2,1-2H3;1H3;. The third-order valence-electron chi connectivity index (χ3n) is 4.75. The molecule has 40 heavy (non-hydrogen) atoms. The molecule has 3 rings (SSSR count). The maximum atomic E-state index is 14.4. The van der Waals surface area contributed by atoms with Crippen LogP contribution >= 0.6 is 31.5 Å². The molecule has 2 aromatic carbocycles. The first-order valence-corrected chi connectivity index (χ1v) is 14.0. The summed E-state index contributed by atoms with van der Waals surface area (Å²) in [6, 6.07) is 5.52. The van der Waals surface area contributed by atoms with Crippen LogP contribution in [-0.2, 0) is 37.4 Å². The molecule has 0 amide bonds. The van der Waals surface area contributed by atoms with Gasteiger partial charge < -0.3 is 14.2 Å². The Bertz CT molecular complexity index is 1300. The third-order valence-corrected chi connectivity index (χ3v) is 7.81. The third kappa shape index (κ3) is 9.25. The molecule has 0 fully saturated rings. The fourth-order valence-corrected chi connectivity index (χ4v) is 5.55. The largest absolute Gasteiger partial charge is 0.491 e. The zero-order chi connectivity index (χ0) is 29.5. The first kappa shape index (κ1) is 36.5. The van der Waals surface area contributed by atoms with Gasteiger partial charge in [0.2, 0.25) is 37.5 Å². The van der Waals surface area contributed by atoms with Crippen molar-refractivity contribution in [2.24, 2.45) is 5.92 Å². The quantitative estimate of drug-likeness (QED) is 0.0438. The summed E-state index contributed by atoms with van der Waals surface area (Å²) in [7, 11) is -2.22. The summed E-state index contributed by atoms with van der Waals surface area (Å²) in [5, 5.41) is 0.499. The normalized spacial score (nSPS) is 12.0. The average Bonchev–Trinajstić information content (AvgIpc) is 3.31. The van der Waals surface area contributed by atoms with Crippen LogP contribution in [0.25, 0.3) is 10.1 Å². The number of hydrogen-bond acceptors (Lipinski definition) is 7. The van der Waals surface area contributed by atoms with E-state index in [9.17, 15) is 45.2 Å². The minimum Gasteiger partial charge on any atom is -0.491 e. The molecule has 1 N–H and O–H groups in total. The van der Waals surface area contributed by atoms with Crippen LogP contribution in [0.2, 0.25) is 0 Å². The van der Waals surface area contributed by atoms with E-state index in [0.717, 1.165) is 23.6 Å². The van der Waals surface area contributed by atoms with Gasteiger partial charge in [0.25, 0.3) is 0 Å². The van der Waals surface area contributed by atoms with E-state index in [1.165, 1.54) is 35.6 Å². The Labute approximate surface area is 249 Å². The summed E-state index contributed by atoms with van der Waals surface area (Å²) in [5.74, 6) is -11.0. The number of rotatable bonds is 10. The van der Waals surface area contributed by atoms with E-state index < -0.39 is 48.9 Å². The van der Waals surface area contributed by atoms with E-state index in [1.807, 2.05) is 13.8 Å². The van der Waals surface area contributed by atoms with Crippen LogP contribution in [0.15, 0.2) is 24.3 Å². The van der Waals surface area contributed by atoms with E-state index in [0.29, 0.717) is 23.0 Å². The number of hydrogen-bond donors (Lipinski definition) is 1. The van der Waals surface area contributed by atoms with Gasteiger partial charge in [0.05, 0.1) is 18.6 Å². The summed E-state index contributed by atoms with van der Waals surface area (Å²) < 4.78 is 101. The predicted molar refractivity (Wildman–Crippen MR) is 136 cm³/mol. The number of carbonyl (C=O) groups excluding carboxylic acids is 2. The summed E-state index contributed by atoms with van der Waals surface area (Å²) in [4.78, 5) is 32.6. The monoisotopic (exact) mass is 725 g/mol. The van der Waals surface area contributed by atoms with Gasteiger partial charge >= 0.3 is 5.66 Å². The van der Waals surface area contributed by atoms with Gasteiger partial charge in [-0.2, -0.15) is 17.6 Å². The van der Waals surface area contributed by atoms with Crippen LogP contribution in [0.1, 0.15) is 35.5 Å². The van der Waals surface area contributed by atoms with Crippen LogP contribution in [0, 0.1) is 35.0 Å². The molecule has 1 heterocycles. The fraction of sp³-hybridized carbons (Fsp3) is 0.333. The molecule has 5 nitrogen and oxygen atoms in total. The Morgan fingerprint density at radius 3 is 2.17 bits per heavy atom. The van der Waals surface area contributed by atoms with E-state index >= 15 is 0 Å². The zero-order valence-corrected chi connectivity index (χ0v) is 24.9. The number of aldehydes is 1. The Morgan fingerprint density at radius 1 is 1.07 bits per heavy atom. The molecule has 0 saturated carbocycles. The van der Waals surface area contributed by atoms with E-state index in [1.54, 1.807) is 0 Å². The van der Waals surface area contributed by atoms with Gasteiger partial charge in [0, 0.05) is 44.8 Å². The first-order chi connectivity index (χ1) is 18.2. The van der Waals surface area contributed by atoms with E-state index in [4.69, 9.17) is 4.52 Å². The smallest absolute Gasteiger partial charge is 0.339 e. The van der Waals surface area contributed by atoms with E-state index in [2.05, 4.69) is 4.74 Å². The van der Waals surface area contributed by atoms with Gasteiger partial charge in [0.15, 0.2) is 17.2 Å². The topological polar surface area (TPSA) is 72.8 Å². The van der Waals surface area contributed by atoms with Crippen LogP contribution in [-0.4, -0.2) is 35.8 Å². The molecule has 0 saturated heterocycles. The van der Waals surface area contributed by atoms with Crippen LogP contribution < -0.4 is 4.74 Å². The Hall–Kier alpha value is -1.51. The Kier molecular flexibility index (Phi) is 14.8. The van der Waals surface area contributed by atoms with Crippen molar-refractivity contribution in [2.45, 2.75) is 25.9 Å². The Balaban J connectivity index is 0.000000482. The molecule has 0 spiro atoms. The molecule has 0 aliphatic carbocycles. The molecule has 1 aromatic heterocycles. The first-order valence-electron chi connectivity index (χ1n) is 10.9. The van der Waals surface area contributed by atoms with Gasteiger partial charge in [-0.05, 0) is 29.5 Å². The van der Waals surface area contributed by atoms with Crippen molar-refractivity contribution in [3.63, 3.8) is 0 Å². The second-order valence-corrected chi connectivity index (χ2v) is 11.7. The summed E-state index contributed by atoms with van der Waals surface area (Å²) in [6.07, 6.45) is 1.08. The second-order valence-electron chi connectivity index (χ2n) is 8.09. The van der Waals surface area contributed by atoms with Crippen molar-refractivity contribution < 1.29 is 76.9 Å². The number of thioether (sulfide) groups is 1. The molecular weight excluding hydrogens is 704 g/mol. The van der Waals surface area contributed by atoms with Crippen molar-refractivity contribution in [2.75, 3.05) is 19.5 Å². The number of halogens is 7. The number of alkyl halides is 2. The molecule has 1 radical (unpaired) electrons. The average molecular weight is 726 g/mol. The SMILES string of the molecule is CC(C)CC(=O)SCCOP(O)C(F)(F)c1ccc2sc(C=O)cc2c1.COc1c(F)c(F)c(F)c(F)c1F.[Ag]. The van der Waals surface area contributed by atoms with Crippen molar-refractivity contribution >= 4 is 53.0 Å². The molecule has 0 bridgehead atoms. The number of thiophene rings is 1. The predicted octanol–water partition coefficient (Wildman–Crippen LogP) is 7.78. The fourth-order valence-electron chi connectivity index (χ4n) is 2.94. The number of methoxy groups -OCH3 is 1. The summed E-state index contributed by atoms with van der Waals surface area (Å²) in [6.45, 7) is 3.71. The summed E-state index contributed by atoms with van der Waals surface area (Å²) >= 11 is 2.23. The maximum absolute atomic E-state index is 14.4. The van der Waals surface area contributed by atoms with Crippen molar-refractivity contribution in [1.82, 2.24) is 0 Å². The number of fused-ring (bicyclic) bond motifs is 1. The molecule has 0 aliphatic rings. The van der Waals surface area contributed by atoms with Crippen LogP contribution in [0.3, 0.4) is 0 Å². The van der Waals surface area contributed by atoms with Crippen molar-refractivity contribution in [3.8, 4) is 5.75 Å². The molecular formula is C24H22AgF7O5PS2. The van der Waals surface area contributed by atoms with Gasteiger partial charge in [0.1, 0.15) is 0 Å². The molecule has 1 unspecified atom stereocenters. The van der Waals surface area contributed by atoms with Gasteiger partial charge in [-0.1, -0.05) is 31.7 Å². The molecule has 225 valence electrons. The molecule has 0 aliphatic heterocycles.